The zero-order valence-corrected chi connectivity index (χ0v) is 7.28. The van der Waals surface area contributed by atoms with Crippen molar-refractivity contribution in [3.8, 4) is 12.3 Å². The predicted octanol–water partition coefficient (Wildman–Crippen LogP) is 1.18. The van der Waals surface area contributed by atoms with E-state index in [1.807, 2.05) is 6.92 Å². The lowest BCUT2D eigenvalue weighted by Crippen LogP contribution is -2.05. The minimum atomic E-state index is -0.436. The number of rotatable bonds is 2. The van der Waals surface area contributed by atoms with E-state index >= 15 is 0 Å². The third kappa shape index (κ3) is 2.60. The molecule has 66 valence electrons. The summed E-state index contributed by atoms with van der Waals surface area (Å²) in [5, 5.41) is 0. The Labute approximate surface area is 76.8 Å². The molecular formula is C10H9NO2. The lowest BCUT2D eigenvalue weighted by molar-refractivity contribution is 0.0556. The summed E-state index contributed by atoms with van der Waals surface area (Å²) in [5.41, 5.74) is 1.34. The van der Waals surface area contributed by atoms with Gasteiger partial charge in [-0.05, 0) is 18.6 Å². The molecular weight excluding hydrogens is 166 g/mol. The second-order valence-corrected chi connectivity index (χ2v) is 2.53. The maximum absolute atomic E-state index is 11.2. The van der Waals surface area contributed by atoms with Gasteiger partial charge >= 0.3 is 5.97 Å². The van der Waals surface area contributed by atoms with E-state index in [1.54, 1.807) is 12.3 Å². The summed E-state index contributed by atoms with van der Waals surface area (Å²) in [6.07, 6.45) is 8.06. The van der Waals surface area contributed by atoms with Gasteiger partial charge in [-0.15, -0.1) is 6.42 Å². The van der Waals surface area contributed by atoms with E-state index in [1.165, 1.54) is 6.20 Å². The fourth-order valence-electron chi connectivity index (χ4n) is 0.857. The van der Waals surface area contributed by atoms with Crippen molar-refractivity contribution in [1.82, 2.24) is 4.98 Å². The first-order valence-electron chi connectivity index (χ1n) is 3.76. The molecule has 1 rings (SSSR count). The Morgan fingerprint density at radius 2 is 2.46 bits per heavy atom. The summed E-state index contributed by atoms with van der Waals surface area (Å²) in [4.78, 5) is 15.1. The lowest BCUT2D eigenvalue weighted by atomic mass is 10.2. The van der Waals surface area contributed by atoms with Gasteiger partial charge in [0, 0.05) is 12.4 Å². The van der Waals surface area contributed by atoms with Crippen LogP contribution in [0.1, 0.15) is 15.9 Å². The van der Waals surface area contributed by atoms with Gasteiger partial charge < -0.3 is 4.74 Å². The van der Waals surface area contributed by atoms with Crippen LogP contribution in [0.3, 0.4) is 0 Å². The molecule has 0 amide bonds. The number of hydrogen-bond donors (Lipinski definition) is 0. The number of nitrogens with zero attached hydrogens (tertiary/aromatic N) is 1. The molecule has 0 atom stereocenters. The number of pyridine rings is 1. The second-order valence-electron chi connectivity index (χ2n) is 2.53. The highest BCUT2D eigenvalue weighted by Gasteiger charge is 2.05. The molecule has 1 heterocycles. The Morgan fingerprint density at radius 3 is 3.08 bits per heavy atom. The molecule has 13 heavy (non-hydrogen) atoms. The molecule has 1 aromatic rings. The maximum atomic E-state index is 11.2. The van der Waals surface area contributed by atoms with Crippen LogP contribution >= 0.6 is 0 Å². The average Bonchev–Trinajstić information content (AvgIpc) is 2.14. The average molecular weight is 175 g/mol. The summed E-state index contributed by atoms with van der Waals surface area (Å²) < 4.78 is 4.72. The molecule has 3 heteroatoms. The first-order chi connectivity index (χ1) is 6.24. The van der Waals surface area contributed by atoms with Crippen LogP contribution in [-0.4, -0.2) is 17.6 Å². The molecule has 0 N–H and O–H groups in total. The Bertz CT molecular complexity index is 352. The smallest absolute Gasteiger partial charge is 0.340 e. The highest BCUT2D eigenvalue weighted by atomic mass is 16.5. The zero-order valence-electron chi connectivity index (χ0n) is 7.28. The standard InChI is InChI=1S/C10H9NO2/c1-3-4-13-10(12)9-5-8(2)6-11-7-9/h1,5-7H,4H2,2H3. The molecule has 0 bridgehead atoms. The van der Waals surface area contributed by atoms with Gasteiger partial charge in [-0.3, -0.25) is 4.98 Å². The van der Waals surface area contributed by atoms with Crippen molar-refractivity contribution in [1.29, 1.82) is 0 Å². The number of aromatic nitrogens is 1. The first-order valence-corrected chi connectivity index (χ1v) is 3.76. The van der Waals surface area contributed by atoms with Gasteiger partial charge in [0.15, 0.2) is 6.61 Å². The van der Waals surface area contributed by atoms with E-state index < -0.39 is 5.97 Å². The molecule has 0 saturated heterocycles. The monoisotopic (exact) mass is 175 g/mol. The van der Waals surface area contributed by atoms with Crippen LogP contribution in [0.5, 0.6) is 0 Å². The van der Waals surface area contributed by atoms with Crippen molar-refractivity contribution >= 4 is 5.97 Å². The molecule has 0 fully saturated rings. The fraction of sp³-hybridized carbons (Fsp3) is 0.200. The summed E-state index contributed by atoms with van der Waals surface area (Å²) in [6, 6.07) is 1.70. The summed E-state index contributed by atoms with van der Waals surface area (Å²) in [7, 11) is 0. The Morgan fingerprint density at radius 1 is 1.69 bits per heavy atom. The van der Waals surface area contributed by atoms with Crippen molar-refractivity contribution in [2.24, 2.45) is 0 Å². The highest BCUT2D eigenvalue weighted by molar-refractivity contribution is 5.89. The van der Waals surface area contributed by atoms with Gasteiger partial charge in [-0.25, -0.2) is 4.79 Å². The number of ether oxygens (including phenoxy) is 1. The van der Waals surface area contributed by atoms with Gasteiger partial charge in [0.2, 0.25) is 0 Å². The van der Waals surface area contributed by atoms with Crippen LogP contribution in [0.15, 0.2) is 18.5 Å². The Kier molecular flexibility index (Phi) is 3.04. The van der Waals surface area contributed by atoms with E-state index in [4.69, 9.17) is 11.2 Å². The van der Waals surface area contributed by atoms with E-state index in [0.717, 1.165) is 5.56 Å². The van der Waals surface area contributed by atoms with Crippen LogP contribution in [0.4, 0.5) is 0 Å². The molecule has 0 aliphatic carbocycles. The third-order valence-corrected chi connectivity index (χ3v) is 1.40. The number of carbonyl (C=O) groups excluding carboxylic acids is 1. The SMILES string of the molecule is C#CCOC(=O)c1cncc(C)c1. The molecule has 0 radical (unpaired) electrons. The van der Waals surface area contributed by atoms with Gasteiger partial charge in [0.25, 0.3) is 0 Å². The van der Waals surface area contributed by atoms with Crippen molar-refractivity contribution in [3.63, 3.8) is 0 Å². The van der Waals surface area contributed by atoms with E-state index in [0.29, 0.717) is 5.56 Å². The van der Waals surface area contributed by atoms with Crippen LogP contribution < -0.4 is 0 Å². The Hall–Kier alpha value is -1.82. The van der Waals surface area contributed by atoms with Gasteiger partial charge in [0.1, 0.15) is 0 Å². The van der Waals surface area contributed by atoms with E-state index in [-0.39, 0.29) is 6.61 Å². The first kappa shape index (κ1) is 9.27. The van der Waals surface area contributed by atoms with Crippen molar-refractivity contribution in [2.75, 3.05) is 6.61 Å². The second kappa shape index (κ2) is 4.27. The normalized spacial score (nSPS) is 8.92. The molecule has 1 aromatic heterocycles. The van der Waals surface area contributed by atoms with Crippen molar-refractivity contribution < 1.29 is 9.53 Å². The van der Waals surface area contributed by atoms with Crippen LogP contribution in [0.25, 0.3) is 0 Å². The molecule has 0 saturated carbocycles. The van der Waals surface area contributed by atoms with Gasteiger partial charge in [-0.1, -0.05) is 5.92 Å². The molecule has 0 aliphatic rings. The summed E-state index contributed by atoms with van der Waals surface area (Å²) in [6.45, 7) is 1.84. The van der Waals surface area contributed by atoms with Crippen molar-refractivity contribution in [2.45, 2.75) is 6.92 Å². The highest BCUT2D eigenvalue weighted by Crippen LogP contribution is 2.02. The molecule has 3 nitrogen and oxygen atoms in total. The van der Waals surface area contributed by atoms with Gasteiger partial charge in [-0.2, -0.15) is 0 Å². The molecule has 0 spiro atoms. The minimum absolute atomic E-state index is 0.00717. The zero-order chi connectivity index (χ0) is 9.68. The maximum Gasteiger partial charge on any atom is 0.340 e. The van der Waals surface area contributed by atoms with Crippen LogP contribution in [0.2, 0.25) is 0 Å². The van der Waals surface area contributed by atoms with Crippen LogP contribution in [-0.2, 0) is 4.74 Å². The summed E-state index contributed by atoms with van der Waals surface area (Å²) >= 11 is 0. The number of terminal acetylenes is 1. The van der Waals surface area contributed by atoms with E-state index in [9.17, 15) is 4.79 Å². The molecule has 0 aliphatic heterocycles. The van der Waals surface area contributed by atoms with Gasteiger partial charge in [0.05, 0.1) is 5.56 Å². The minimum Gasteiger partial charge on any atom is -0.449 e. The topological polar surface area (TPSA) is 39.2 Å². The Balaban J connectivity index is 2.72. The predicted molar refractivity (Wildman–Crippen MR) is 48.1 cm³/mol. The van der Waals surface area contributed by atoms with E-state index in [2.05, 4.69) is 10.9 Å². The van der Waals surface area contributed by atoms with Crippen molar-refractivity contribution in [3.05, 3.63) is 29.6 Å². The summed E-state index contributed by atoms with van der Waals surface area (Å²) in [5.74, 6) is 1.78. The van der Waals surface area contributed by atoms with Crippen LogP contribution in [0, 0.1) is 19.3 Å². The number of esters is 1. The number of hydrogen-bond acceptors (Lipinski definition) is 3. The number of carbonyl (C=O) groups is 1. The third-order valence-electron chi connectivity index (χ3n) is 1.40. The quantitative estimate of drug-likeness (QED) is 0.500. The number of aryl methyl sites for hydroxylation is 1. The molecule has 0 unspecified atom stereocenters. The largest absolute Gasteiger partial charge is 0.449 e. The fourth-order valence-corrected chi connectivity index (χ4v) is 0.857. The molecule has 0 aromatic carbocycles. The lowest BCUT2D eigenvalue weighted by Gasteiger charge is -2.00.